The monoisotopic (exact) mass is 509 g/mol. The first-order chi connectivity index (χ1) is 17.4. The summed E-state index contributed by atoms with van der Waals surface area (Å²) in [6.45, 7) is 4.97. The number of halogens is 3. The number of fused-ring (bicyclic) bond motifs is 1. The molecular weight excluding hydrogens is 480 g/mol. The smallest absolute Gasteiger partial charge is 0.305 e. The molecule has 4 nitrogen and oxygen atoms in total. The predicted molar refractivity (Wildman–Crippen MR) is 141 cm³/mol. The quantitative estimate of drug-likeness (QED) is 0.299. The third-order valence-corrected chi connectivity index (χ3v) is 7.70. The first-order valence-electron chi connectivity index (χ1n) is 12.5. The van der Waals surface area contributed by atoms with Crippen molar-refractivity contribution in [2.75, 3.05) is 19.6 Å². The average molecular weight is 510 g/mol. The number of likely N-dealkylation sites (tertiary alicyclic amines) is 1. The van der Waals surface area contributed by atoms with Crippen molar-refractivity contribution < 1.29 is 8.78 Å². The maximum Gasteiger partial charge on any atom is 0.326 e. The van der Waals surface area contributed by atoms with Crippen LogP contribution in [-0.4, -0.2) is 34.1 Å². The van der Waals surface area contributed by atoms with Gasteiger partial charge in [0, 0.05) is 30.1 Å². The lowest BCUT2D eigenvalue weighted by atomic mass is 9.87. The summed E-state index contributed by atoms with van der Waals surface area (Å²) in [5.74, 6) is -0.120. The Bertz CT molecular complexity index is 1340. The van der Waals surface area contributed by atoms with E-state index in [2.05, 4.69) is 16.8 Å². The first-order valence-corrected chi connectivity index (χ1v) is 12.9. The molecule has 0 spiro atoms. The highest BCUT2D eigenvalue weighted by atomic mass is 35.5. The number of aromatic amines is 1. The van der Waals surface area contributed by atoms with Gasteiger partial charge in [-0.1, -0.05) is 42.8 Å². The Morgan fingerprint density at radius 3 is 2.25 bits per heavy atom. The maximum absolute atomic E-state index is 13.5. The van der Waals surface area contributed by atoms with Crippen LogP contribution in [0.1, 0.15) is 49.3 Å². The summed E-state index contributed by atoms with van der Waals surface area (Å²) in [4.78, 5) is 18.1. The van der Waals surface area contributed by atoms with Crippen molar-refractivity contribution in [2.45, 2.75) is 38.1 Å². The lowest BCUT2D eigenvalue weighted by Gasteiger charge is -2.37. The lowest BCUT2D eigenvalue weighted by Crippen LogP contribution is -2.42. The van der Waals surface area contributed by atoms with Gasteiger partial charge in [0.2, 0.25) is 0 Å². The van der Waals surface area contributed by atoms with E-state index < -0.39 is 0 Å². The van der Waals surface area contributed by atoms with Crippen LogP contribution in [-0.2, 0) is 0 Å². The zero-order valence-corrected chi connectivity index (χ0v) is 21.0. The number of rotatable bonds is 7. The second-order valence-electron chi connectivity index (χ2n) is 9.89. The number of aromatic nitrogens is 2. The van der Waals surface area contributed by atoms with E-state index in [-0.39, 0.29) is 29.3 Å². The van der Waals surface area contributed by atoms with Crippen LogP contribution in [0.15, 0.2) is 71.5 Å². The van der Waals surface area contributed by atoms with Crippen LogP contribution < -0.4 is 5.69 Å². The normalized spacial score (nSPS) is 18.8. The van der Waals surface area contributed by atoms with Gasteiger partial charge in [0.05, 0.1) is 11.0 Å². The predicted octanol–water partition coefficient (Wildman–Crippen LogP) is 6.76. The molecule has 1 fully saturated rings. The van der Waals surface area contributed by atoms with Crippen LogP contribution >= 0.6 is 11.6 Å². The van der Waals surface area contributed by atoms with Gasteiger partial charge in [0.1, 0.15) is 11.6 Å². The molecule has 1 aromatic heterocycles. The van der Waals surface area contributed by atoms with E-state index in [9.17, 15) is 13.6 Å². The van der Waals surface area contributed by atoms with Gasteiger partial charge < -0.3 is 9.88 Å². The van der Waals surface area contributed by atoms with Crippen LogP contribution in [0.4, 0.5) is 8.78 Å². The first kappa shape index (κ1) is 24.7. The van der Waals surface area contributed by atoms with Gasteiger partial charge in [0.15, 0.2) is 0 Å². The molecule has 1 N–H and O–H groups in total. The second kappa shape index (κ2) is 10.6. The van der Waals surface area contributed by atoms with E-state index in [0.29, 0.717) is 10.9 Å². The molecular formula is C29H30ClF2N3O. The summed E-state index contributed by atoms with van der Waals surface area (Å²) in [5, 5.41) is 0.610. The van der Waals surface area contributed by atoms with Crippen molar-refractivity contribution in [3.8, 4) is 0 Å². The van der Waals surface area contributed by atoms with E-state index in [1.165, 1.54) is 24.3 Å². The topological polar surface area (TPSA) is 41.0 Å². The molecule has 1 aliphatic rings. The molecule has 0 radical (unpaired) electrons. The van der Waals surface area contributed by atoms with Gasteiger partial charge in [-0.3, -0.25) is 4.57 Å². The van der Waals surface area contributed by atoms with E-state index in [1.54, 1.807) is 6.07 Å². The lowest BCUT2D eigenvalue weighted by molar-refractivity contribution is 0.131. The average Bonchev–Trinajstić information content (AvgIpc) is 3.18. The molecule has 3 aromatic carbocycles. The Kier molecular flexibility index (Phi) is 7.26. The number of nitrogens with zero attached hydrogens (tertiary/aromatic N) is 2. The van der Waals surface area contributed by atoms with Crippen LogP contribution in [0.2, 0.25) is 5.02 Å². The number of hydrogen-bond donors (Lipinski definition) is 1. The van der Waals surface area contributed by atoms with Crippen molar-refractivity contribution in [1.82, 2.24) is 14.5 Å². The highest BCUT2D eigenvalue weighted by molar-refractivity contribution is 6.31. The summed E-state index contributed by atoms with van der Waals surface area (Å²) >= 11 is 6.11. The van der Waals surface area contributed by atoms with E-state index in [0.717, 1.165) is 61.1 Å². The van der Waals surface area contributed by atoms with Crippen molar-refractivity contribution in [1.29, 1.82) is 0 Å². The fourth-order valence-corrected chi connectivity index (χ4v) is 5.85. The van der Waals surface area contributed by atoms with Crippen LogP contribution in [0, 0.1) is 17.6 Å². The summed E-state index contributed by atoms with van der Waals surface area (Å²) in [5.41, 5.74) is 3.66. The SMILES string of the molecule is CC1CN(CCCC(c2ccc(F)cc2)c2ccc(F)cc2)CCC1n1c(=O)[nH]c2cc(Cl)ccc21. The molecule has 0 saturated carbocycles. The fourth-order valence-electron chi connectivity index (χ4n) is 5.67. The number of imidazole rings is 1. The van der Waals surface area contributed by atoms with Crippen LogP contribution in [0.3, 0.4) is 0 Å². The van der Waals surface area contributed by atoms with Gasteiger partial charge in [0.25, 0.3) is 0 Å². The maximum atomic E-state index is 13.5. The van der Waals surface area contributed by atoms with Crippen molar-refractivity contribution >= 4 is 22.6 Å². The van der Waals surface area contributed by atoms with Crippen molar-refractivity contribution in [3.63, 3.8) is 0 Å². The molecule has 188 valence electrons. The standard InChI is InChI=1S/C29H30ClF2N3O/c1-19-18-34(16-14-27(19)35-28-13-8-22(30)17-26(28)33-29(35)36)15-2-3-25(20-4-9-23(31)10-5-20)21-6-11-24(32)12-7-21/h4-13,17,19,25,27H,2-3,14-16,18H2,1H3,(H,33,36). The summed E-state index contributed by atoms with van der Waals surface area (Å²) in [7, 11) is 0. The fraction of sp³-hybridized carbons (Fsp3) is 0.345. The van der Waals surface area contributed by atoms with E-state index in [4.69, 9.17) is 11.6 Å². The third kappa shape index (κ3) is 5.25. The summed E-state index contributed by atoms with van der Waals surface area (Å²) in [6.07, 6.45) is 2.74. The van der Waals surface area contributed by atoms with Crippen LogP contribution in [0.5, 0.6) is 0 Å². The minimum atomic E-state index is -0.258. The minimum Gasteiger partial charge on any atom is -0.305 e. The minimum absolute atomic E-state index is 0.0813. The molecule has 2 heterocycles. The molecule has 7 heteroatoms. The Hall–Kier alpha value is -2.96. The van der Waals surface area contributed by atoms with Crippen LogP contribution in [0.25, 0.3) is 11.0 Å². The zero-order valence-electron chi connectivity index (χ0n) is 20.3. The summed E-state index contributed by atoms with van der Waals surface area (Å²) in [6, 6.07) is 18.9. The Labute approximate surface area is 214 Å². The second-order valence-corrected chi connectivity index (χ2v) is 10.3. The molecule has 1 aliphatic heterocycles. The molecule has 0 aliphatic carbocycles. The Balaban J connectivity index is 1.24. The molecule has 1 saturated heterocycles. The highest BCUT2D eigenvalue weighted by Crippen LogP contribution is 2.32. The van der Waals surface area contributed by atoms with Gasteiger partial charge in [-0.2, -0.15) is 0 Å². The zero-order chi connectivity index (χ0) is 25.2. The molecule has 4 aromatic rings. The summed E-state index contributed by atoms with van der Waals surface area (Å²) < 4.78 is 28.9. The number of piperidine rings is 1. The van der Waals surface area contributed by atoms with Gasteiger partial charge in [-0.15, -0.1) is 0 Å². The molecule has 36 heavy (non-hydrogen) atoms. The van der Waals surface area contributed by atoms with Gasteiger partial charge in [-0.25, -0.2) is 13.6 Å². The molecule has 2 atom stereocenters. The molecule has 2 unspecified atom stereocenters. The number of hydrogen-bond acceptors (Lipinski definition) is 2. The van der Waals surface area contributed by atoms with Crippen molar-refractivity contribution in [2.24, 2.45) is 5.92 Å². The molecule has 0 amide bonds. The largest absolute Gasteiger partial charge is 0.326 e. The Morgan fingerprint density at radius 2 is 1.64 bits per heavy atom. The Morgan fingerprint density at radius 1 is 1.00 bits per heavy atom. The van der Waals surface area contributed by atoms with Gasteiger partial charge in [-0.05, 0) is 85.3 Å². The highest BCUT2D eigenvalue weighted by Gasteiger charge is 2.29. The van der Waals surface area contributed by atoms with E-state index >= 15 is 0 Å². The van der Waals surface area contributed by atoms with E-state index in [1.807, 2.05) is 41.0 Å². The van der Waals surface area contributed by atoms with Crippen molar-refractivity contribution in [3.05, 3.63) is 105 Å². The molecule has 5 rings (SSSR count). The van der Waals surface area contributed by atoms with Gasteiger partial charge >= 0.3 is 5.69 Å². The molecule has 0 bridgehead atoms. The third-order valence-electron chi connectivity index (χ3n) is 7.47. The number of benzene rings is 3. The number of H-pyrrole nitrogens is 1. The number of nitrogens with one attached hydrogen (secondary N) is 1.